The number of halogens is 3. The molecule has 1 fully saturated rings. The average Bonchev–Trinajstić information content (AvgIpc) is 3.19. The van der Waals surface area contributed by atoms with Crippen LogP contribution in [0.4, 0.5) is 13.2 Å². The standard InChI is InChI=1S/C25H23F3N4O3/c1-24-11-18(16-10-17(13-29-12-16)22(33)32-6-8-34-9-7-32)14-30-23(24)31-15-20(24)19-4-2-3-5-21(19)35-25(26,27)28/h2-5,10-15,23,31H,6-9H2,1H3. The Bertz CT molecular complexity index is 1230. The third kappa shape index (κ3) is 4.53. The third-order valence-electron chi connectivity index (χ3n) is 6.37. The number of nitrogens with zero attached hydrogens (tertiary/aromatic N) is 3. The number of hydrogen-bond acceptors (Lipinski definition) is 6. The molecule has 0 spiro atoms. The summed E-state index contributed by atoms with van der Waals surface area (Å²) in [6.07, 6.45) is 3.27. The number of morpholine rings is 1. The molecule has 0 radical (unpaired) electrons. The van der Waals surface area contributed by atoms with Gasteiger partial charge in [0.2, 0.25) is 0 Å². The zero-order chi connectivity index (χ0) is 24.6. The molecule has 35 heavy (non-hydrogen) atoms. The highest BCUT2D eigenvalue weighted by atomic mass is 19.4. The van der Waals surface area contributed by atoms with Crippen LogP contribution in [0.5, 0.6) is 5.75 Å². The molecule has 3 aliphatic rings. The molecule has 1 aromatic carbocycles. The molecule has 182 valence electrons. The van der Waals surface area contributed by atoms with Crippen molar-refractivity contribution < 1.29 is 27.4 Å². The van der Waals surface area contributed by atoms with Gasteiger partial charge in [0.05, 0.1) is 24.2 Å². The minimum Gasteiger partial charge on any atom is -0.405 e. The number of carbonyl (C=O) groups excluding carboxylic acids is 1. The van der Waals surface area contributed by atoms with Crippen molar-refractivity contribution in [2.24, 2.45) is 10.4 Å². The van der Waals surface area contributed by atoms with Gasteiger partial charge in [-0.15, -0.1) is 13.2 Å². The zero-order valence-electron chi connectivity index (χ0n) is 18.9. The number of alkyl halides is 3. The van der Waals surface area contributed by atoms with Crippen molar-refractivity contribution in [3.05, 3.63) is 71.7 Å². The molecule has 0 saturated carbocycles. The molecule has 2 unspecified atom stereocenters. The van der Waals surface area contributed by atoms with Crippen molar-refractivity contribution in [1.29, 1.82) is 0 Å². The third-order valence-corrected chi connectivity index (χ3v) is 6.37. The summed E-state index contributed by atoms with van der Waals surface area (Å²) in [7, 11) is 0. The van der Waals surface area contributed by atoms with Crippen LogP contribution >= 0.6 is 0 Å². The van der Waals surface area contributed by atoms with Gasteiger partial charge in [-0.25, -0.2) is 0 Å². The maximum absolute atomic E-state index is 13.0. The van der Waals surface area contributed by atoms with Crippen LogP contribution in [0.3, 0.4) is 0 Å². The Morgan fingerprint density at radius 1 is 1.23 bits per heavy atom. The highest BCUT2D eigenvalue weighted by molar-refractivity contribution is 6.12. The number of dihydropyridines is 1. The number of aliphatic imine (C=N–C) groups is 1. The van der Waals surface area contributed by atoms with E-state index < -0.39 is 17.9 Å². The smallest absolute Gasteiger partial charge is 0.405 e. The normalized spacial score (nSPS) is 23.8. The molecule has 7 nitrogen and oxygen atoms in total. The molecular weight excluding hydrogens is 461 g/mol. The fourth-order valence-electron chi connectivity index (χ4n) is 4.60. The van der Waals surface area contributed by atoms with Gasteiger partial charge in [0.1, 0.15) is 11.9 Å². The van der Waals surface area contributed by atoms with Crippen LogP contribution in [-0.2, 0) is 4.74 Å². The van der Waals surface area contributed by atoms with Gasteiger partial charge in [-0.3, -0.25) is 14.8 Å². The number of hydrogen-bond donors (Lipinski definition) is 1. The number of fused-ring (bicyclic) bond motifs is 1. The first-order valence-corrected chi connectivity index (χ1v) is 11.1. The maximum atomic E-state index is 13.0. The zero-order valence-corrected chi connectivity index (χ0v) is 18.9. The molecule has 2 aromatic rings. The number of carbonyl (C=O) groups is 1. The SMILES string of the molecule is CC12C=C(c3cncc(C(=O)N4CCOCC4)c3)C=NC1NC=C2c1ccccc1OC(F)(F)F. The monoisotopic (exact) mass is 484 g/mol. The summed E-state index contributed by atoms with van der Waals surface area (Å²) in [5.74, 6) is -0.402. The van der Waals surface area contributed by atoms with Gasteiger partial charge in [0, 0.05) is 49.0 Å². The van der Waals surface area contributed by atoms with Crippen LogP contribution in [0.2, 0.25) is 0 Å². The van der Waals surface area contributed by atoms with E-state index in [-0.39, 0.29) is 11.7 Å². The van der Waals surface area contributed by atoms with Gasteiger partial charge in [-0.05, 0) is 30.2 Å². The summed E-state index contributed by atoms with van der Waals surface area (Å²) in [5, 5.41) is 3.15. The first-order chi connectivity index (χ1) is 16.7. The van der Waals surface area contributed by atoms with E-state index in [0.29, 0.717) is 48.6 Å². The van der Waals surface area contributed by atoms with Crippen LogP contribution in [0.25, 0.3) is 11.1 Å². The quantitative estimate of drug-likeness (QED) is 0.713. The van der Waals surface area contributed by atoms with E-state index in [1.54, 1.807) is 41.7 Å². The van der Waals surface area contributed by atoms with Gasteiger partial charge in [-0.1, -0.05) is 24.3 Å². The van der Waals surface area contributed by atoms with Gasteiger partial charge in [-0.2, -0.15) is 0 Å². The Morgan fingerprint density at radius 3 is 2.77 bits per heavy atom. The lowest BCUT2D eigenvalue weighted by atomic mass is 9.75. The van der Waals surface area contributed by atoms with E-state index in [9.17, 15) is 18.0 Å². The van der Waals surface area contributed by atoms with Crippen molar-refractivity contribution >= 4 is 23.3 Å². The fourth-order valence-corrected chi connectivity index (χ4v) is 4.60. The van der Waals surface area contributed by atoms with E-state index in [2.05, 4.69) is 20.0 Å². The molecule has 2 atom stereocenters. The molecule has 1 saturated heterocycles. The van der Waals surface area contributed by atoms with E-state index >= 15 is 0 Å². The van der Waals surface area contributed by atoms with Gasteiger partial charge < -0.3 is 19.7 Å². The summed E-state index contributed by atoms with van der Waals surface area (Å²) in [6, 6.07) is 7.81. The Hall–Kier alpha value is -3.66. The molecule has 3 aliphatic heterocycles. The minimum absolute atomic E-state index is 0.124. The van der Waals surface area contributed by atoms with Gasteiger partial charge in [0.25, 0.3) is 5.91 Å². The minimum atomic E-state index is -4.81. The van der Waals surface area contributed by atoms with Crippen LogP contribution in [0.15, 0.2) is 60.0 Å². The Labute approximate surface area is 200 Å². The van der Waals surface area contributed by atoms with Crippen LogP contribution in [0, 0.1) is 5.41 Å². The summed E-state index contributed by atoms with van der Waals surface area (Å²) in [4.78, 5) is 23.5. The van der Waals surface area contributed by atoms with Gasteiger partial charge >= 0.3 is 6.36 Å². The highest BCUT2D eigenvalue weighted by Gasteiger charge is 2.44. The number of rotatable bonds is 4. The highest BCUT2D eigenvalue weighted by Crippen LogP contribution is 2.49. The summed E-state index contributed by atoms with van der Waals surface area (Å²) in [5.41, 5.74) is 2.04. The number of amides is 1. The topological polar surface area (TPSA) is 76.1 Å². The summed E-state index contributed by atoms with van der Waals surface area (Å²) >= 11 is 0. The predicted molar refractivity (Wildman–Crippen MR) is 124 cm³/mol. The van der Waals surface area contributed by atoms with Crippen molar-refractivity contribution in [2.45, 2.75) is 19.5 Å². The Kier molecular flexibility index (Phi) is 5.84. The molecule has 0 bridgehead atoms. The number of para-hydroxylation sites is 1. The summed E-state index contributed by atoms with van der Waals surface area (Å²) < 4.78 is 48.7. The van der Waals surface area contributed by atoms with Gasteiger partial charge in [0.15, 0.2) is 0 Å². The second-order valence-corrected chi connectivity index (χ2v) is 8.70. The number of allylic oxidation sites excluding steroid dienone is 1. The Balaban J connectivity index is 1.47. The maximum Gasteiger partial charge on any atom is 0.573 e. The number of aromatic nitrogens is 1. The van der Waals surface area contributed by atoms with E-state index in [1.165, 1.54) is 18.3 Å². The molecule has 5 rings (SSSR count). The molecule has 0 aliphatic carbocycles. The fraction of sp³-hybridized carbons (Fsp3) is 0.320. The van der Waals surface area contributed by atoms with E-state index in [4.69, 9.17) is 4.74 Å². The molecule has 4 heterocycles. The largest absolute Gasteiger partial charge is 0.573 e. The number of nitrogens with one attached hydrogen (secondary N) is 1. The second kappa shape index (κ2) is 8.84. The lowest BCUT2D eigenvalue weighted by Crippen LogP contribution is -2.40. The van der Waals surface area contributed by atoms with Crippen molar-refractivity contribution in [1.82, 2.24) is 15.2 Å². The van der Waals surface area contributed by atoms with Crippen LogP contribution in [0.1, 0.15) is 28.4 Å². The van der Waals surface area contributed by atoms with E-state index in [1.807, 2.05) is 13.0 Å². The van der Waals surface area contributed by atoms with Crippen LogP contribution < -0.4 is 10.1 Å². The Morgan fingerprint density at radius 2 is 2.00 bits per heavy atom. The first-order valence-electron chi connectivity index (χ1n) is 11.1. The number of pyridine rings is 1. The molecule has 1 aromatic heterocycles. The van der Waals surface area contributed by atoms with Crippen molar-refractivity contribution in [3.8, 4) is 5.75 Å². The first kappa shape index (κ1) is 23.1. The molecule has 10 heteroatoms. The molecule has 1 amide bonds. The van der Waals surface area contributed by atoms with Crippen molar-refractivity contribution in [2.75, 3.05) is 26.3 Å². The number of ether oxygens (including phenoxy) is 2. The second-order valence-electron chi connectivity index (χ2n) is 8.70. The number of benzene rings is 1. The predicted octanol–water partition coefficient (Wildman–Crippen LogP) is 3.90. The van der Waals surface area contributed by atoms with E-state index in [0.717, 1.165) is 5.57 Å². The van der Waals surface area contributed by atoms with Crippen molar-refractivity contribution in [3.63, 3.8) is 0 Å². The summed E-state index contributed by atoms with van der Waals surface area (Å²) in [6.45, 7) is 3.94. The lowest BCUT2D eigenvalue weighted by Gasteiger charge is -2.33. The van der Waals surface area contributed by atoms with Crippen LogP contribution in [-0.4, -0.2) is 60.8 Å². The molecule has 1 N–H and O–H groups in total. The average molecular weight is 484 g/mol. The molecular formula is C25H23F3N4O3. The lowest BCUT2D eigenvalue weighted by molar-refractivity contribution is -0.274.